The minimum atomic E-state index is -0.358. The summed E-state index contributed by atoms with van der Waals surface area (Å²) in [5.74, 6) is -0.481. The van der Waals surface area contributed by atoms with E-state index in [0.29, 0.717) is 13.0 Å². The molecule has 6 heteroatoms. The molecule has 3 amide bonds. The topological polar surface area (TPSA) is 75.3 Å². The molecule has 1 heterocycles. The minimum absolute atomic E-state index is 0.0346. The van der Waals surface area contributed by atoms with Gasteiger partial charge in [-0.05, 0) is 59.1 Å². The van der Waals surface area contributed by atoms with E-state index in [2.05, 4.69) is 34.9 Å². The van der Waals surface area contributed by atoms with Crippen molar-refractivity contribution in [1.82, 2.24) is 10.6 Å². The van der Waals surface area contributed by atoms with Crippen LogP contribution in [0, 0.1) is 0 Å². The number of fused-ring (bicyclic) bond motifs is 2. The van der Waals surface area contributed by atoms with E-state index in [9.17, 15) is 14.4 Å². The number of aryl methyl sites for hydroxylation is 2. The van der Waals surface area contributed by atoms with Crippen molar-refractivity contribution in [3.8, 4) is 0 Å². The number of amides is 3. The van der Waals surface area contributed by atoms with E-state index in [4.69, 9.17) is 0 Å². The summed E-state index contributed by atoms with van der Waals surface area (Å²) < 4.78 is 0. The van der Waals surface area contributed by atoms with Crippen LogP contribution >= 0.6 is 11.8 Å². The lowest BCUT2D eigenvalue weighted by molar-refractivity contribution is -0.121. The van der Waals surface area contributed by atoms with Crippen LogP contribution < -0.4 is 10.6 Å². The van der Waals surface area contributed by atoms with Crippen molar-refractivity contribution in [2.75, 3.05) is 6.54 Å². The van der Waals surface area contributed by atoms with Crippen LogP contribution in [0.25, 0.3) is 0 Å². The van der Waals surface area contributed by atoms with Gasteiger partial charge in [0.25, 0.3) is 5.24 Å². The van der Waals surface area contributed by atoms with Gasteiger partial charge in [-0.2, -0.15) is 0 Å². The van der Waals surface area contributed by atoms with Gasteiger partial charge in [0.2, 0.25) is 11.8 Å². The van der Waals surface area contributed by atoms with Gasteiger partial charge in [0.05, 0.1) is 11.2 Å². The maximum absolute atomic E-state index is 13.4. The van der Waals surface area contributed by atoms with Crippen molar-refractivity contribution in [2.45, 2.75) is 36.9 Å². The average Bonchev–Trinajstić information content (AvgIpc) is 3.06. The lowest BCUT2D eigenvalue weighted by Crippen LogP contribution is -2.32. The molecule has 2 N–H and O–H groups in total. The largest absolute Gasteiger partial charge is 0.355 e. The minimum Gasteiger partial charge on any atom is -0.355 e. The van der Waals surface area contributed by atoms with Gasteiger partial charge in [-0.15, -0.1) is 0 Å². The van der Waals surface area contributed by atoms with Gasteiger partial charge in [-0.1, -0.05) is 84.6 Å². The monoisotopic (exact) mass is 470 g/mol. The van der Waals surface area contributed by atoms with Crippen molar-refractivity contribution in [2.24, 2.45) is 0 Å². The van der Waals surface area contributed by atoms with Crippen molar-refractivity contribution < 1.29 is 14.4 Å². The maximum Gasteiger partial charge on any atom is 0.286 e. The van der Waals surface area contributed by atoms with Crippen LogP contribution in [-0.2, 0) is 35.3 Å². The third-order valence-corrected chi connectivity index (χ3v) is 7.56. The van der Waals surface area contributed by atoms with Crippen LogP contribution in [-0.4, -0.2) is 28.8 Å². The number of thioether (sulfide) groups is 1. The van der Waals surface area contributed by atoms with Gasteiger partial charge in [-0.3, -0.25) is 19.7 Å². The van der Waals surface area contributed by atoms with Crippen molar-refractivity contribution in [3.63, 3.8) is 0 Å². The number of hydrogen-bond acceptors (Lipinski definition) is 4. The van der Waals surface area contributed by atoms with Crippen LogP contribution in [0.15, 0.2) is 72.8 Å². The third kappa shape index (κ3) is 4.77. The molecule has 0 bridgehead atoms. The molecule has 0 aromatic heterocycles. The van der Waals surface area contributed by atoms with Crippen LogP contribution in [0.4, 0.5) is 4.79 Å². The molecule has 5 rings (SSSR count). The van der Waals surface area contributed by atoms with E-state index in [0.717, 1.165) is 53.3 Å². The fourth-order valence-corrected chi connectivity index (χ4v) is 5.68. The Hall–Kier alpha value is -3.38. The second-order valence-electron chi connectivity index (χ2n) is 8.78. The predicted molar refractivity (Wildman–Crippen MR) is 134 cm³/mol. The van der Waals surface area contributed by atoms with Crippen LogP contribution in [0.5, 0.6) is 0 Å². The summed E-state index contributed by atoms with van der Waals surface area (Å²) in [5, 5.41) is 4.85. The first-order valence-corrected chi connectivity index (χ1v) is 12.5. The zero-order valence-corrected chi connectivity index (χ0v) is 19.6. The lowest BCUT2D eigenvalue weighted by atomic mass is 9.87. The van der Waals surface area contributed by atoms with E-state index in [1.807, 2.05) is 48.5 Å². The summed E-state index contributed by atoms with van der Waals surface area (Å²) in [6, 6.07) is 24.6. The van der Waals surface area contributed by atoms with Gasteiger partial charge in [0.15, 0.2) is 0 Å². The predicted octanol–water partition coefficient (Wildman–Crippen LogP) is 4.17. The van der Waals surface area contributed by atoms with Crippen molar-refractivity contribution in [1.29, 1.82) is 0 Å². The van der Waals surface area contributed by atoms with Crippen LogP contribution in [0.3, 0.4) is 0 Å². The highest BCUT2D eigenvalue weighted by atomic mass is 32.2. The van der Waals surface area contributed by atoms with Gasteiger partial charge in [0.1, 0.15) is 0 Å². The van der Waals surface area contributed by atoms with Gasteiger partial charge in [-0.25, -0.2) is 0 Å². The zero-order valence-electron chi connectivity index (χ0n) is 18.8. The molecule has 0 saturated carbocycles. The van der Waals surface area contributed by atoms with Crippen LogP contribution in [0.2, 0.25) is 0 Å². The number of carbonyl (C=O) groups is 3. The molecular weight excluding hydrogens is 444 g/mol. The first-order valence-electron chi connectivity index (χ1n) is 11.6. The lowest BCUT2D eigenvalue weighted by Gasteiger charge is -2.20. The number of benzene rings is 3. The summed E-state index contributed by atoms with van der Waals surface area (Å²) in [7, 11) is 0. The molecule has 0 spiro atoms. The van der Waals surface area contributed by atoms with Gasteiger partial charge >= 0.3 is 0 Å². The molecule has 3 aromatic carbocycles. The SMILES string of the molecule is O=C1NC(=O)[C@@H](Cc2ccc(CCNC(=O)C3c4ccccc4CCc4ccccc43)cc2)S1. The van der Waals surface area contributed by atoms with E-state index in [1.165, 1.54) is 11.1 Å². The molecule has 34 heavy (non-hydrogen) atoms. The second kappa shape index (κ2) is 9.85. The van der Waals surface area contributed by atoms with E-state index in [1.54, 1.807) is 0 Å². The number of imide groups is 1. The molecule has 1 fully saturated rings. The Bertz CT molecular complexity index is 1190. The average molecular weight is 471 g/mol. The molecule has 5 nitrogen and oxygen atoms in total. The standard InChI is InChI=1S/C28H26N2O3S/c31-26-24(34-28(33)30-26)17-19-11-9-18(10-12-19)15-16-29-27(32)25-22-7-3-1-5-20(22)13-14-21-6-2-4-8-23(21)25/h1-12,24-25H,13-17H2,(H,29,32)(H,30,31,33)/t24-/m1/s1. The molecule has 1 aliphatic heterocycles. The fraction of sp³-hybridized carbons (Fsp3) is 0.250. The van der Waals surface area contributed by atoms with Gasteiger partial charge < -0.3 is 5.32 Å². The van der Waals surface area contributed by atoms with E-state index in [-0.39, 0.29) is 28.2 Å². The Morgan fingerprint density at radius 3 is 2.03 bits per heavy atom. The zero-order chi connectivity index (χ0) is 23.5. The molecule has 172 valence electrons. The molecule has 1 atom stereocenters. The molecule has 1 aliphatic carbocycles. The van der Waals surface area contributed by atoms with E-state index < -0.39 is 0 Å². The Morgan fingerprint density at radius 1 is 0.853 bits per heavy atom. The highest BCUT2D eigenvalue weighted by Gasteiger charge is 2.31. The Morgan fingerprint density at radius 2 is 1.44 bits per heavy atom. The number of carbonyl (C=O) groups excluding carboxylic acids is 3. The van der Waals surface area contributed by atoms with Crippen LogP contribution in [0.1, 0.15) is 39.3 Å². The number of rotatable bonds is 6. The molecule has 1 saturated heterocycles. The second-order valence-corrected chi connectivity index (χ2v) is 9.95. The summed E-state index contributed by atoms with van der Waals surface area (Å²) in [6.07, 6.45) is 3.13. The Balaban J connectivity index is 1.23. The highest BCUT2D eigenvalue weighted by molar-refractivity contribution is 8.15. The Labute approximate surface area is 203 Å². The summed E-state index contributed by atoms with van der Waals surface area (Å²) in [4.78, 5) is 36.5. The molecule has 3 aromatic rings. The fourth-order valence-electron chi connectivity index (χ4n) is 4.82. The molecular formula is C28H26N2O3S. The molecule has 0 unspecified atom stereocenters. The summed E-state index contributed by atoms with van der Waals surface area (Å²) in [6.45, 7) is 0.550. The van der Waals surface area contributed by atoms with Crippen molar-refractivity contribution >= 4 is 28.8 Å². The summed E-state index contributed by atoms with van der Waals surface area (Å²) >= 11 is 1.05. The smallest absolute Gasteiger partial charge is 0.286 e. The first-order chi connectivity index (χ1) is 16.6. The molecule has 2 aliphatic rings. The quantitative estimate of drug-likeness (QED) is 0.567. The van der Waals surface area contributed by atoms with E-state index >= 15 is 0 Å². The number of hydrogen-bond donors (Lipinski definition) is 2. The first kappa shape index (κ1) is 22.4. The third-order valence-electron chi connectivity index (χ3n) is 6.58. The summed E-state index contributed by atoms with van der Waals surface area (Å²) in [5.41, 5.74) is 6.81. The Kier molecular flexibility index (Phi) is 6.50. The maximum atomic E-state index is 13.4. The highest BCUT2D eigenvalue weighted by Crippen LogP contribution is 2.34. The number of nitrogens with one attached hydrogen (secondary N) is 2. The van der Waals surface area contributed by atoms with Gasteiger partial charge in [0, 0.05) is 6.54 Å². The molecule has 0 radical (unpaired) electrons. The normalized spacial score (nSPS) is 17.5. The van der Waals surface area contributed by atoms with Crippen molar-refractivity contribution in [3.05, 3.63) is 106 Å².